The molecule has 0 spiro atoms. The van der Waals surface area contributed by atoms with Crippen molar-refractivity contribution >= 4 is 0 Å². The van der Waals surface area contributed by atoms with Crippen LogP contribution in [0.25, 0.3) is 0 Å². The second-order valence-electron chi connectivity index (χ2n) is 2.66. The third-order valence-electron chi connectivity index (χ3n) is 1.83. The largest absolute Gasteiger partial charge is 0.385 e. The number of aliphatic hydroxyl groups excluding tert-OH is 1. The zero-order chi connectivity index (χ0) is 8.97. The standard InChI is InChI=1S/C8H15N3O/c1-2-11-6-5-10-8(11)7(12)3-4-9/h5-7,12H,2-4,9H2,1H3/t7-/m1/s1. The molecule has 0 unspecified atom stereocenters. The van der Waals surface area contributed by atoms with Crippen molar-refractivity contribution in [2.45, 2.75) is 26.0 Å². The highest BCUT2D eigenvalue weighted by Crippen LogP contribution is 2.13. The summed E-state index contributed by atoms with van der Waals surface area (Å²) in [5.74, 6) is 0.711. The Hall–Kier alpha value is -0.870. The van der Waals surface area contributed by atoms with Gasteiger partial charge in [0.25, 0.3) is 0 Å². The van der Waals surface area contributed by atoms with Crippen LogP contribution in [0.3, 0.4) is 0 Å². The molecule has 0 saturated heterocycles. The van der Waals surface area contributed by atoms with Crippen molar-refractivity contribution in [2.24, 2.45) is 5.73 Å². The molecule has 4 nitrogen and oxygen atoms in total. The van der Waals surface area contributed by atoms with Gasteiger partial charge in [-0.05, 0) is 19.9 Å². The fourth-order valence-corrected chi connectivity index (χ4v) is 1.17. The second kappa shape index (κ2) is 4.23. The molecule has 1 atom stereocenters. The minimum absolute atomic E-state index is 0.484. The van der Waals surface area contributed by atoms with Crippen molar-refractivity contribution in [2.75, 3.05) is 6.54 Å². The van der Waals surface area contributed by atoms with E-state index in [4.69, 9.17) is 5.73 Å². The molecule has 68 valence electrons. The molecule has 0 saturated carbocycles. The number of nitrogens with zero attached hydrogens (tertiary/aromatic N) is 2. The third-order valence-corrected chi connectivity index (χ3v) is 1.83. The zero-order valence-electron chi connectivity index (χ0n) is 7.27. The number of nitrogens with two attached hydrogens (primary N) is 1. The van der Waals surface area contributed by atoms with E-state index in [2.05, 4.69) is 4.98 Å². The van der Waals surface area contributed by atoms with Crippen LogP contribution in [0.2, 0.25) is 0 Å². The Morgan fingerprint density at radius 3 is 3.08 bits per heavy atom. The third kappa shape index (κ3) is 1.84. The Bertz CT molecular complexity index is 234. The van der Waals surface area contributed by atoms with Gasteiger partial charge in [-0.3, -0.25) is 0 Å². The summed E-state index contributed by atoms with van der Waals surface area (Å²) in [6.07, 6.45) is 3.59. The van der Waals surface area contributed by atoms with Crippen LogP contribution in [0.15, 0.2) is 12.4 Å². The van der Waals surface area contributed by atoms with E-state index in [1.165, 1.54) is 0 Å². The van der Waals surface area contributed by atoms with Crippen molar-refractivity contribution in [1.82, 2.24) is 9.55 Å². The maximum absolute atomic E-state index is 9.56. The molecule has 3 N–H and O–H groups in total. The van der Waals surface area contributed by atoms with Gasteiger partial charge in [0.05, 0.1) is 0 Å². The van der Waals surface area contributed by atoms with Gasteiger partial charge in [0.1, 0.15) is 11.9 Å². The number of hydrogen-bond donors (Lipinski definition) is 2. The summed E-state index contributed by atoms with van der Waals surface area (Å²) in [6, 6.07) is 0. The minimum atomic E-state index is -0.523. The summed E-state index contributed by atoms with van der Waals surface area (Å²) >= 11 is 0. The fraction of sp³-hybridized carbons (Fsp3) is 0.625. The van der Waals surface area contributed by atoms with Crippen LogP contribution in [0.1, 0.15) is 25.3 Å². The molecule has 0 aliphatic rings. The monoisotopic (exact) mass is 169 g/mol. The zero-order valence-corrected chi connectivity index (χ0v) is 7.27. The topological polar surface area (TPSA) is 64.1 Å². The molecule has 0 aromatic carbocycles. The normalized spacial score (nSPS) is 13.2. The van der Waals surface area contributed by atoms with Gasteiger partial charge in [0.15, 0.2) is 0 Å². The molecular formula is C8H15N3O. The number of aliphatic hydroxyl groups is 1. The Morgan fingerprint density at radius 2 is 2.50 bits per heavy atom. The summed E-state index contributed by atoms with van der Waals surface area (Å²) < 4.78 is 1.92. The quantitative estimate of drug-likeness (QED) is 0.680. The summed E-state index contributed by atoms with van der Waals surface area (Å²) in [7, 11) is 0. The van der Waals surface area contributed by atoms with Crippen LogP contribution >= 0.6 is 0 Å². The van der Waals surface area contributed by atoms with E-state index < -0.39 is 6.10 Å². The molecule has 0 amide bonds. The van der Waals surface area contributed by atoms with Gasteiger partial charge in [-0.1, -0.05) is 0 Å². The van der Waals surface area contributed by atoms with Gasteiger partial charge < -0.3 is 15.4 Å². The van der Waals surface area contributed by atoms with E-state index in [-0.39, 0.29) is 0 Å². The molecule has 4 heteroatoms. The first-order valence-electron chi connectivity index (χ1n) is 4.18. The van der Waals surface area contributed by atoms with Crippen LogP contribution in [0.5, 0.6) is 0 Å². The number of hydrogen-bond acceptors (Lipinski definition) is 3. The summed E-state index contributed by atoms with van der Waals surface area (Å²) in [6.45, 7) is 3.33. The van der Waals surface area contributed by atoms with Crippen LogP contribution < -0.4 is 5.73 Å². The molecule has 1 rings (SSSR count). The second-order valence-corrected chi connectivity index (χ2v) is 2.66. The first-order valence-corrected chi connectivity index (χ1v) is 4.18. The van der Waals surface area contributed by atoms with Crippen molar-refractivity contribution in [3.8, 4) is 0 Å². The molecule has 1 aromatic heterocycles. The molecule has 1 aromatic rings. The smallest absolute Gasteiger partial charge is 0.137 e. The molecule has 0 radical (unpaired) electrons. The highest BCUT2D eigenvalue weighted by molar-refractivity contribution is 4.96. The number of rotatable bonds is 4. The van der Waals surface area contributed by atoms with E-state index in [0.29, 0.717) is 18.8 Å². The van der Waals surface area contributed by atoms with Crippen LogP contribution in [-0.4, -0.2) is 21.2 Å². The lowest BCUT2D eigenvalue weighted by Crippen LogP contribution is -2.11. The van der Waals surface area contributed by atoms with Crippen LogP contribution in [-0.2, 0) is 6.54 Å². The van der Waals surface area contributed by atoms with Gasteiger partial charge in [0.2, 0.25) is 0 Å². The van der Waals surface area contributed by atoms with Crippen LogP contribution in [0, 0.1) is 0 Å². The first-order chi connectivity index (χ1) is 5.79. The average Bonchev–Trinajstić information content (AvgIpc) is 2.51. The molecule has 1 heterocycles. The molecule has 12 heavy (non-hydrogen) atoms. The lowest BCUT2D eigenvalue weighted by Gasteiger charge is -2.10. The molecule has 0 aliphatic heterocycles. The molecular weight excluding hydrogens is 154 g/mol. The molecule has 0 bridgehead atoms. The Kier molecular flexibility index (Phi) is 3.25. The van der Waals surface area contributed by atoms with Gasteiger partial charge in [-0.15, -0.1) is 0 Å². The molecule has 0 aliphatic carbocycles. The highest BCUT2D eigenvalue weighted by atomic mass is 16.3. The SMILES string of the molecule is CCn1ccnc1[C@H](O)CCN. The lowest BCUT2D eigenvalue weighted by molar-refractivity contribution is 0.156. The lowest BCUT2D eigenvalue weighted by atomic mass is 10.2. The van der Waals surface area contributed by atoms with E-state index in [0.717, 1.165) is 6.54 Å². The number of imidazole rings is 1. The maximum atomic E-state index is 9.56. The van der Waals surface area contributed by atoms with Gasteiger partial charge in [-0.25, -0.2) is 4.98 Å². The van der Waals surface area contributed by atoms with E-state index in [9.17, 15) is 5.11 Å². The summed E-state index contributed by atoms with van der Waals surface area (Å²) in [5, 5.41) is 9.56. The Balaban J connectivity index is 2.71. The van der Waals surface area contributed by atoms with Gasteiger partial charge >= 0.3 is 0 Å². The summed E-state index contributed by atoms with van der Waals surface area (Å²) in [4.78, 5) is 4.06. The summed E-state index contributed by atoms with van der Waals surface area (Å²) in [5.41, 5.74) is 5.33. The van der Waals surface area contributed by atoms with Gasteiger partial charge in [-0.2, -0.15) is 0 Å². The van der Waals surface area contributed by atoms with Crippen molar-refractivity contribution in [1.29, 1.82) is 0 Å². The van der Waals surface area contributed by atoms with Crippen molar-refractivity contribution < 1.29 is 5.11 Å². The maximum Gasteiger partial charge on any atom is 0.137 e. The van der Waals surface area contributed by atoms with E-state index in [1.54, 1.807) is 6.20 Å². The van der Waals surface area contributed by atoms with E-state index in [1.807, 2.05) is 17.7 Å². The number of aryl methyl sites for hydroxylation is 1. The van der Waals surface area contributed by atoms with E-state index >= 15 is 0 Å². The Labute approximate surface area is 72.0 Å². The van der Waals surface area contributed by atoms with Crippen molar-refractivity contribution in [3.05, 3.63) is 18.2 Å². The predicted octanol–water partition coefficient (Wildman–Crippen LogP) is 0.285. The Morgan fingerprint density at radius 1 is 1.75 bits per heavy atom. The average molecular weight is 169 g/mol. The van der Waals surface area contributed by atoms with Crippen LogP contribution in [0.4, 0.5) is 0 Å². The fourth-order valence-electron chi connectivity index (χ4n) is 1.17. The predicted molar refractivity (Wildman–Crippen MR) is 46.5 cm³/mol. The minimum Gasteiger partial charge on any atom is -0.385 e. The van der Waals surface area contributed by atoms with Gasteiger partial charge in [0, 0.05) is 18.9 Å². The van der Waals surface area contributed by atoms with Crippen molar-refractivity contribution in [3.63, 3.8) is 0 Å². The number of aromatic nitrogens is 2. The first kappa shape index (κ1) is 9.22. The molecule has 0 fully saturated rings. The highest BCUT2D eigenvalue weighted by Gasteiger charge is 2.11.